The van der Waals surface area contributed by atoms with Crippen LogP contribution < -0.4 is 0 Å². The second kappa shape index (κ2) is 6.57. The van der Waals surface area contributed by atoms with Gasteiger partial charge in [0.25, 0.3) is 0 Å². The second-order valence-electron chi connectivity index (χ2n) is 4.10. The molecule has 0 amide bonds. The van der Waals surface area contributed by atoms with Crippen molar-refractivity contribution in [2.24, 2.45) is 5.92 Å². The van der Waals surface area contributed by atoms with Crippen LogP contribution in [-0.4, -0.2) is 33.9 Å². The lowest BCUT2D eigenvalue weighted by molar-refractivity contribution is 0.0564. The molecular formula is C10H22O2Si. The third kappa shape index (κ3) is 4.79. The fourth-order valence-corrected chi connectivity index (χ4v) is 2.30. The van der Waals surface area contributed by atoms with Crippen molar-refractivity contribution in [3.05, 3.63) is 0 Å². The number of ether oxygens (including phenoxy) is 1. The number of aliphatic hydroxyl groups is 1. The Labute approximate surface area is 83.5 Å². The smallest absolute Gasteiger partial charge is 0.0540 e. The molecule has 0 spiro atoms. The van der Waals surface area contributed by atoms with Crippen molar-refractivity contribution in [3.8, 4) is 0 Å². The van der Waals surface area contributed by atoms with Crippen LogP contribution in [0.5, 0.6) is 0 Å². The molecule has 1 saturated carbocycles. The first kappa shape index (κ1) is 11.2. The largest absolute Gasteiger partial charge is 0.393 e. The van der Waals surface area contributed by atoms with Gasteiger partial charge in [0.1, 0.15) is 0 Å². The average Bonchev–Trinajstić information content (AvgIpc) is 2.15. The summed E-state index contributed by atoms with van der Waals surface area (Å²) in [6.07, 6.45) is 4.25. The Kier molecular flexibility index (Phi) is 5.67. The zero-order valence-electron chi connectivity index (χ0n) is 8.67. The standard InChI is InChI=1S/C10H22O2Si/c1-13-7-6-12-8-9-2-4-10(11)5-3-9/h9-11H,2-8,13H2,1H3. The van der Waals surface area contributed by atoms with Crippen LogP contribution in [0.1, 0.15) is 25.7 Å². The summed E-state index contributed by atoms with van der Waals surface area (Å²) in [5.41, 5.74) is 0. The maximum atomic E-state index is 9.30. The predicted octanol–water partition coefficient (Wildman–Crippen LogP) is 1.19. The molecule has 0 aliphatic heterocycles. The summed E-state index contributed by atoms with van der Waals surface area (Å²) in [5, 5.41) is 9.30. The van der Waals surface area contributed by atoms with Crippen molar-refractivity contribution in [2.45, 2.75) is 44.4 Å². The quantitative estimate of drug-likeness (QED) is 0.536. The average molecular weight is 202 g/mol. The van der Waals surface area contributed by atoms with E-state index < -0.39 is 0 Å². The monoisotopic (exact) mass is 202 g/mol. The molecule has 1 fully saturated rings. The van der Waals surface area contributed by atoms with Gasteiger partial charge in [0, 0.05) is 22.7 Å². The van der Waals surface area contributed by atoms with E-state index in [1.807, 2.05) is 0 Å². The molecule has 0 aromatic carbocycles. The van der Waals surface area contributed by atoms with E-state index in [1.165, 1.54) is 6.04 Å². The number of rotatable bonds is 5. The van der Waals surface area contributed by atoms with Crippen LogP contribution in [-0.2, 0) is 4.74 Å². The Bertz CT molecular complexity index is 122. The molecular weight excluding hydrogens is 180 g/mol. The molecule has 0 bridgehead atoms. The first-order chi connectivity index (χ1) is 6.33. The Morgan fingerprint density at radius 1 is 1.31 bits per heavy atom. The van der Waals surface area contributed by atoms with E-state index in [4.69, 9.17) is 4.74 Å². The topological polar surface area (TPSA) is 29.5 Å². The minimum absolute atomic E-state index is 0.0284. The lowest BCUT2D eigenvalue weighted by atomic mass is 9.88. The molecule has 1 aliphatic rings. The molecule has 3 heteroatoms. The van der Waals surface area contributed by atoms with Gasteiger partial charge >= 0.3 is 0 Å². The SMILES string of the molecule is C[SiH2]CCOCC1CCC(O)CC1. The van der Waals surface area contributed by atoms with Crippen molar-refractivity contribution < 1.29 is 9.84 Å². The minimum atomic E-state index is -0.0284. The van der Waals surface area contributed by atoms with Gasteiger partial charge in [0.15, 0.2) is 0 Å². The van der Waals surface area contributed by atoms with E-state index in [0.29, 0.717) is 0 Å². The lowest BCUT2D eigenvalue weighted by Gasteiger charge is -2.24. The van der Waals surface area contributed by atoms with Gasteiger partial charge in [-0.05, 0) is 37.6 Å². The Morgan fingerprint density at radius 3 is 2.62 bits per heavy atom. The van der Waals surface area contributed by atoms with Crippen LogP contribution in [0, 0.1) is 5.92 Å². The third-order valence-electron chi connectivity index (χ3n) is 2.81. The summed E-state index contributed by atoms with van der Waals surface area (Å²) in [5.74, 6) is 0.724. The van der Waals surface area contributed by atoms with E-state index in [2.05, 4.69) is 6.55 Å². The van der Waals surface area contributed by atoms with E-state index >= 15 is 0 Å². The van der Waals surface area contributed by atoms with Gasteiger partial charge in [-0.3, -0.25) is 0 Å². The Morgan fingerprint density at radius 2 is 2.00 bits per heavy atom. The first-order valence-electron chi connectivity index (χ1n) is 5.58. The predicted molar refractivity (Wildman–Crippen MR) is 58.0 cm³/mol. The number of hydrogen-bond acceptors (Lipinski definition) is 2. The van der Waals surface area contributed by atoms with Crippen LogP contribution >= 0.6 is 0 Å². The third-order valence-corrected chi connectivity index (χ3v) is 3.81. The van der Waals surface area contributed by atoms with Gasteiger partial charge in [-0.25, -0.2) is 0 Å². The summed E-state index contributed by atoms with van der Waals surface area (Å²) in [4.78, 5) is 0. The minimum Gasteiger partial charge on any atom is -0.393 e. The normalized spacial score (nSPS) is 30.0. The van der Waals surface area contributed by atoms with Gasteiger partial charge in [0.2, 0.25) is 0 Å². The van der Waals surface area contributed by atoms with Crippen LogP contribution in [0.3, 0.4) is 0 Å². The van der Waals surface area contributed by atoms with Crippen molar-refractivity contribution in [2.75, 3.05) is 13.2 Å². The zero-order chi connectivity index (χ0) is 9.52. The summed E-state index contributed by atoms with van der Waals surface area (Å²) in [6.45, 7) is 4.23. The maximum Gasteiger partial charge on any atom is 0.0540 e. The summed E-state index contributed by atoms with van der Waals surface area (Å²) < 4.78 is 5.60. The molecule has 13 heavy (non-hydrogen) atoms. The maximum absolute atomic E-state index is 9.30. The van der Waals surface area contributed by atoms with Crippen molar-refractivity contribution in [1.82, 2.24) is 0 Å². The summed E-state index contributed by atoms with van der Waals surface area (Å²) in [7, 11) is 0.192. The van der Waals surface area contributed by atoms with Crippen LogP contribution in [0.15, 0.2) is 0 Å². The number of hydrogen-bond donors (Lipinski definition) is 1. The molecule has 1 aliphatic carbocycles. The van der Waals surface area contributed by atoms with Crippen molar-refractivity contribution in [1.29, 1.82) is 0 Å². The molecule has 1 N–H and O–H groups in total. The molecule has 0 radical (unpaired) electrons. The van der Waals surface area contributed by atoms with Gasteiger partial charge in [-0.15, -0.1) is 0 Å². The highest BCUT2D eigenvalue weighted by molar-refractivity contribution is 6.33. The highest BCUT2D eigenvalue weighted by Gasteiger charge is 2.18. The highest BCUT2D eigenvalue weighted by Crippen LogP contribution is 2.24. The van der Waals surface area contributed by atoms with Crippen LogP contribution in [0.2, 0.25) is 12.6 Å². The molecule has 0 aromatic rings. The van der Waals surface area contributed by atoms with Crippen molar-refractivity contribution in [3.63, 3.8) is 0 Å². The van der Waals surface area contributed by atoms with E-state index in [1.54, 1.807) is 0 Å². The summed E-state index contributed by atoms with van der Waals surface area (Å²) >= 11 is 0. The van der Waals surface area contributed by atoms with Crippen LogP contribution in [0.25, 0.3) is 0 Å². The van der Waals surface area contributed by atoms with E-state index in [9.17, 15) is 5.11 Å². The van der Waals surface area contributed by atoms with Crippen LogP contribution in [0.4, 0.5) is 0 Å². The molecule has 0 heterocycles. The Balaban J connectivity index is 1.96. The summed E-state index contributed by atoms with van der Waals surface area (Å²) in [6, 6.07) is 1.31. The molecule has 1 rings (SSSR count). The fourth-order valence-electron chi connectivity index (χ4n) is 1.81. The van der Waals surface area contributed by atoms with Gasteiger partial charge < -0.3 is 9.84 Å². The van der Waals surface area contributed by atoms with Gasteiger partial charge in [-0.2, -0.15) is 0 Å². The zero-order valence-corrected chi connectivity index (χ0v) is 10.1. The van der Waals surface area contributed by atoms with Crippen molar-refractivity contribution >= 4 is 9.52 Å². The first-order valence-corrected chi connectivity index (χ1v) is 8.00. The highest BCUT2D eigenvalue weighted by atomic mass is 28.2. The molecule has 0 unspecified atom stereocenters. The molecule has 0 saturated heterocycles. The second-order valence-corrected chi connectivity index (χ2v) is 5.81. The van der Waals surface area contributed by atoms with E-state index in [-0.39, 0.29) is 15.6 Å². The van der Waals surface area contributed by atoms with Gasteiger partial charge in [0.05, 0.1) is 6.10 Å². The molecule has 0 aromatic heterocycles. The molecule has 0 atom stereocenters. The Hall–Kier alpha value is 0.137. The molecule has 2 nitrogen and oxygen atoms in total. The van der Waals surface area contributed by atoms with Gasteiger partial charge in [-0.1, -0.05) is 6.55 Å². The number of aliphatic hydroxyl groups excluding tert-OH is 1. The lowest BCUT2D eigenvalue weighted by Crippen LogP contribution is -2.21. The fraction of sp³-hybridized carbons (Fsp3) is 1.00. The van der Waals surface area contributed by atoms with E-state index in [0.717, 1.165) is 44.8 Å². The molecule has 78 valence electrons.